The normalized spacial score (nSPS) is 11.9. The number of anilines is 3. The zero-order valence-electron chi connectivity index (χ0n) is 31.9. The summed E-state index contributed by atoms with van der Waals surface area (Å²) in [5, 5.41) is 13.0. The maximum Gasteiger partial charge on any atom is 0.0992 e. The van der Waals surface area contributed by atoms with Gasteiger partial charge in [0.05, 0.1) is 34.0 Å². The van der Waals surface area contributed by atoms with Gasteiger partial charge in [-0.2, -0.15) is 5.26 Å². The van der Waals surface area contributed by atoms with Crippen LogP contribution in [0.3, 0.4) is 0 Å². The molecule has 1 aromatic heterocycles. The first-order valence-electron chi connectivity index (χ1n) is 18.7. The van der Waals surface area contributed by atoms with Crippen molar-refractivity contribution in [3.8, 4) is 34.0 Å². The van der Waals surface area contributed by atoms with Crippen molar-refractivity contribution in [2.75, 3.05) is 4.90 Å². The highest BCUT2D eigenvalue weighted by Gasteiger charge is 2.23. The highest BCUT2D eigenvalue weighted by molar-refractivity contribution is 6.10. The van der Waals surface area contributed by atoms with Gasteiger partial charge in [-0.25, -0.2) is 0 Å². The molecule has 0 aliphatic rings. The van der Waals surface area contributed by atoms with Crippen LogP contribution in [0.15, 0.2) is 164 Å². The minimum atomic E-state index is 0.0170. The van der Waals surface area contributed by atoms with E-state index >= 15 is 0 Å². The van der Waals surface area contributed by atoms with Gasteiger partial charge in [-0.05, 0) is 112 Å². The number of aromatic nitrogens is 1. The molecule has 0 atom stereocenters. The lowest BCUT2D eigenvalue weighted by molar-refractivity contribution is 0.590. The highest BCUT2D eigenvalue weighted by atomic mass is 15.1. The second kappa shape index (κ2) is 13.6. The number of hydrogen-bond donors (Lipinski definition) is 0. The summed E-state index contributed by atoms with van der Waals surface area (Å²) in [5.41, 5.74) is 13.9. The first-order valence-corrected chi connectivity index (χ1v) is 18.7. The van der Waals surface area contributed by atoms with E-state index in [-0.39, 0.29) is 10.8 Å². The van der Waals surface area contributed by atoms with Gasteiger partial charge in [-0.15, -0.1) is 0 Å². The Labute approximate surface area is 319 Å². The van der Waals surface area contributed by atoms with Gasteiger partial charge in [0, 0.05) is 33.3 Å². The monoisotopic (exact) mass is 699 g/mol. The molecule has 0 fully saturated rings. The van der Waals surface area contributed by atoms with E-state index < -0.39 is 0 Å². The molecule has 3 heteroatoms. The van der Waals surface area contributed by atoms with E-state index in [1.807, 2.05) is 24.3 Å². The minimum absolute atomic E-state index is 0.0170. The van der Waals surface area contributed by atoms with E-state index in [9.17, 15) is 5.26 Å². The standard InChI is InChI=1S/C51H45N3/c1-50(2,3)38-25-27-48-44(32-38)45-33-39(51(4,5)6)26-28-49(45)54(48)47-24-16-14-22-43(47)37-30-35(34-52)29-36(31-37)42-21-13-15-23-46(42)53(40-17-9-7-10-18-40)41-19-11-8-12-20-41/h7-33H,1-6H3. The van der Waals surface area contributed by atoms with Gasteiger partial charge in [0.1, 0.15) is 0 Å². The Kier molecular flexibility index (Phi) is 8.71. The minimum Gasteiger partial charge on any atom is -0.310 e. The van der Waals surface area contributed by atoms with Crippen LogP contribution in [0.2, 0.25) is 0 Å². The summed E-state index contributed by atoms with van der Waals surface area (Å²) >= 11 is 0. The van der Waals surface area contributed by atoms with E-state index in [1.165, 1.54) is 32.9 Å². The van der Waals surface area contributed by atoms with Crippen LogP contribution in [0.5, 0.6) is 0 Å². The third kappa shape index (κ3) is 6.35. The first kappa shape index (κ1) is 34.7. The Bertz CT molecular complexity index is 2570. The summed E-state index contributed by atoms with van der Waals surface area (Å²) < 4.78 is 2.41. The maximum absolute atomic E-state index is 10.5. The van der Waals surface area contributed by atoms with Gasteiger partial charge in [0.2, 0.25) is 0 Å². The zero-order chi connectivity index (χ0) is 37.6. The van der Waals surface area contributed by atoms with Crippen LogP contribution in [-0.4, -0.2) is 4.57 Å². The number of rotatable bonds is 6. The zero-order valence-corrected chi connectivity index (χ0v) is 31.9. The van der Waals surface area contributed by atoms with Crippen LogP contribution in [0.1, 0.15) is 58.2 Å². The van der Waals surface area contributed by atoms with E-state index in [1.54, 1.807) is 0 Å². The molecule has 0 spiro atoms. The SMILES string of the molecule is CC(C)(C)c1ccc2c(c1)c1cc(C(C)(C)C)ccc1n2-c1ccccc1-c1cc(C#N)cc(-c2ccccc2N(c2ccccc2)c2ccccc2)c1. The van der Waals surface area contributed by atoms with Crippen molar-refractivity contribution < 1.29 is 0 Å². The lowest BCUT2D eigenvalue weighted by Gasteiger charge is -2.28. The molecule has 0 bridgehead atoms. The van der Waals surface area contributed by atoms with Gasteiger partial charge < -0.3 is 9.47 Å². The molecule has 264 valence electrons. The third-order valence-electron chi connectivity index (χ3n) is 10.5. The van der Waals surface area contributed by atoms with Crippen LogP contribution < -0.4 is 4.90 Å². The van der Waals surface area contributed by atoms with Crippen LogP contribution in [0.4, 0.5) is 17.1 Å². The van der Waals surface area contributed by atoms with Crippen molar-refractivity contribution in [3.05, 3.63) is 180 Å². The summed E-state index contributed by atoms with van der Waals surface area (Å²) in [6.07, 6.45) is 0. The summed E-state index contributed by atoms with van der Waals surface area (Å²) in [4.78, 5) is 2.29. The van der Waals surface area contributed by atoms with Gasteiger partial charge in [0.25, 0.3) is 0 Å². The Hall–Kier alpha value is -6.37. The average molecular weight is 700 g/mol. The van der Waals surface area contributed by atoms with E-state index in [4.69, 9.17) is 0 Å². The van der Waals surface area contributed by atoms with Crippen molar-refractivity contribution in [3.63, 3.8) is 0 Å². The second-order valence-electron chi connectivity index (χ2n) is 16.3. The fourth-order valence-electron chi connectivity index (χ4n) is 7.63. The Morgan fingerprint density at radius 2 is 0.944 bits per heavy atom. The summed E-state index contributed by atoms with van der Waals surface area (Å²) in [6.45, 7) is 13.7. The van der Waals surface area contributed by atoms with Crippen LogP contribution >= 0.6 is 0 Å². The molecule has 7 aromatic carbocycles. The highest BCUT2D eigenvalue weighted by Crippen LogP contribution is 2.44. The maximum atomic E-state index is 10.5. The van der Waals surface area contributed by atoms with E-state index in [0.29, 0.717) is 5.56 Å². The molecule has 0 saturated heterocycles. The molecule has 1 heterocycles. The summed E-state index contributed by atoms with van der Waals surface area (Å²) in [7, 11) is 0. The fourth-order valence-corrected chi connectivity index (χ4v) is 7.63. The molecule has 0 N–H and O–H groups in total. The van der Waals surface area contributed by atoms with Gasteiger partial charge in [-0.1, -0.05) is 126 Å². The molecule has 0 saturated carbocycles. The van der Waals surface area contributed by atoms with Crippen molar-refractivity contribution >= 4 is 38.9 Å². The second-order valence-corrected chi connectivity index (χ2v) is 16.3. The van der Waals surface area contributed by atoms with E-state index in [0.717, 1.165) is 45.0 Å². The number of hydrogen-bond acceptors (Lipinski definition) is 2. The lowest BCUT2D eigenvalue weighted by Crippen LogP contribution is -2.11. The molecule has 0 unspecified atom stereocenters. The molecule has 54 heavy (non-hydrogen) atoms. The van der Waals surface area contributed by atoms with E-state index in [2.05, 4.69) is 197 Å². The molecular weight excluding hydrogens is 655 g/mol. The number of fused-ring (bicyclic) bond motifs is 3. The molecule has 0 amide bonds. The smallest absolute Gasteiger partial charge is 0.0992 e. The van der Waals surface area contributed by atoms with Crippen molar-refractivity contribution in [2.24, 2.45) is 0 Å². The number of nitrogens with zero attached hydrogens (tertiary/aromatic N) is 3. The van der Waals surface area contributed by atoms with Crippen LogP contribution in [-0.2, 0) is 10.8 Å². The van der Waals surface area contributed by atoms with Gasteiger partial charge in [-0.3, -0.25) is 0 Å². The molecule has 3 nitrogen and oxygen atoms in total. The van der Waals surface area contributed by atoms with Crippen LogP contribution in [0.25, 0.3) is 49.7 Å². The fraction of sp³-hybridized carbons (Fsp3) is 0.157. The molecule has 0 radical (unpaired) electrons. The molecule has 0 aliphatic carbocycles. The molecule has 8 rings (SSSR count). The molecule has 0 aliphatic heterocycles. The Morgan fingerprint density at radius 3 is 1.46 bits per heavy atom. The topological polar surface area (TPSA) is 32.0 Å². The van der Waals surface area contributed by atoms with Gasteiger partial charge in [0.15, 0.2) is 0 Å². The van der Waals surface area contributed by atoms with Crippen molar-refractivity contribution in [1.29, 1.82) is 5.26 Å². The largest absolute Gasteiger partial charge is 0.310 e. The van der Waals surface area contributed by atoms with Crippen molar-refractivity contribution in [2.45, 2.75) is 52.4 Å². The summed E-state index contributed by atoms with van der Waals surface area (Å²) in [6, 6.07) is 60.7. The number of nitriles is 1. The molecule has 8 aromatic rings. The Balaban J connectivity index is 1.35. The van der Waals surface area contributed by atoms with Crippen LogP contribution in [0, 0.1) is 11.3 Å². The summed E-state index contributed by atoms with van der Waals surface area (Å²) in [5.74, 6) is 0. The lowest BCUT2D eigenvalue weighted by atomic mass is 9.85. The molecular formula is C51H45N3. The number of benzene rings is 7. The predicted octanol–water partition coefficient (Wildman–Crippen LogP) is 14.1. The quantitative estimate of drug-likeness (QED) is 0.173. The van der Waals surface area contributed by atoms with Crippen molar-refractivity contribution in [1.82, 2.24) is 4.57 Å². The first-order chi connectivity index (χ1) is 26.0. The Morgan fingerprint density at radius 1 is 0.481 bits per heavy atom. The predicted molar refractivity (Wildman–Crippen MR) is 228 cm³/mol. The number of para-hydroxylation sites is 4. The van der Waals surface area contributed by atoms with Gasteiger partial charge >= 0.3 is 0 Å². The third-order valence-corrected chi connectivity index (χ3v) is 10.5. The average Bonchev–Trinajstić information content (AvgIpc) is 3.51.